The van der Waals surface area contributed by atoms with Crippen molar-refractivity contribution in [1.29, 1.82) is 0 Å². The summed E-state index contributed by atoms with van der Waals surface area (Å²) in [5.74, 6) is 0. The van der Waals surface area contributed by atoms with Gasteiger partial charge in [-0.15, -0.1) is 0 Å². The Bertz CT molecular complexity index is 656. The van der Waals surface area contributed by atoms with Gasteiger partial charge in [-0.1, -0.05) is 37.3 Å². The van der Waals surface area contributed by atoms with Crippen molar-refractivity contribution in [3.05, 3.63) is 75.8 Å². The Morgan fingerprint density at radius 3 is 2.39 bits per heavy atom. The van der Waals surface area contributed by atoms with Gasteiger partial charge in [-0.05, 0) is 29.7 Å². The minimum Gasteiger partial charge on any atom is -0.441 e. The van der Waals surface area contributed by atoms with Crippen LogP contribution in [0, 0.1) is 10.1 Å². The Kier molecular flexibility index (Phi) is 5.68. The van der Waals surface area contributed by atoms with Crippen LogP contribution in [0.15, 0.2) is 54.6 Å². The normalized spacial score (nSPS) is 11.5. The summed E-state index contributed by atoms with van der Waals surface area (Å²) in [6.07, 6.45) is -0.373. The van der Waals surface area contributed by atoms with Gasteiger partial charge in [0.15, 0.2) is 0 Å². The molecule has 0 aliphatic rings. The highest BCUT2D eigenvalue weighted by Gasteiger charge is 2.16. The number of ether oxygens (including phenoxy) is 1. The third-order valence-electron chi connectivity index (χ3n) is 3.38. The first kappa shape index (κ1) is 16.5. The van der Waals surface area contributed by atoms with Crippen LogP contribution in [0.25, 0.3) is 0 Å². The molecule has 0 radical (unpaired) electrons. The third-order valence-corrected chi connectivity index (χ3v) is 3.38. The van der Waals surface area contributed by atoms with Crippen LogP contribution in [-0.4, -0.2) is 11.0 Å². The van der Waals surface area contributed by atoms with Gasteiger partial charge in [0, 0.05) is 18.7 Å². The first-order valence-corrected chi connectivity index (χ1v) is 7.33. The number of nitro groups is 1. The molecular formula is C17H18N2O4. The molecule has 6 nitrogen and oxygen atoms in total. The van der Waals surface area contributed by atoms with Gasteiger partial charge in [0.1, 0.15) is 6.10 Å². The van der Waals surface area contributed by atoms with Crippen molar-refractivity contribution in [3.8, 4) is 0 Å². The number of rotatable bonds is 6. The predicted octanol–water partition coefficient (Wildman–Crippen LogP) is 3.97. The fourth-order valence-electron chi connectivity index (χ4n) is 2.14. The van der Waals surface area contributed by atoms with Crippen molar-refractivity contribution in [2.75, 3.05) is 0 Å². The van der Waals surface area contributed by atoms with Crippen LogP contribution in [0.3, 0.4) is 0 Å². The second-order valence-electron chi connectivity index (χ2n) is 4.99. The van der Waals surface area contributed by atoms with Crippen LogP contribution in [0.1, 0.15) is 30.6 Å². The lowest BCUT2D eigenvalue weighted by molar-refractivity contribution is -0.384. The molecule has 0 spiro atoms. The molecule has 1 unspecified atom stereocenters. The molecule has 2 aromatic carbocycles. The molecule has 2 rings (SSSR count). The van der Waals surface area contributed by atoms with Gasteiger partial charge < -0.3 is 10.1 Å². The summed E-state index contributed by atoms with van der Waals surface area (Å²) in [6, 6.07) is 15.5. The molecule has 6 heteroatoms. The van der Waals surface area contributed by atoms with Crippen LogP contribution in [0.4, 0.5) is 10.5 Å². The zero-order valence-corrected chi connectivity index (χ0v) is 12.8. The van der Waals surface area contributed by atoms with Crippen molar-refractivity contribution in [2.24, 2.45) is 0 Å². The van der Waals surface area contributed by atoms with E-state index in [2.05, 4.69) is 5.32 Å². The molecule has 0 fully saturated rings. The van der Waals surface area contributed by atoms with E-state index in [1.54, 1.807) is 12.1 Å². The summed E-state index contributed by atoms with van der Waals surface area (Å²) in [6.45, 7) is 2.27. The highest BCUT2D eigenvalue weighted by atomic mass is 16.6. The van der Waals surface area contributed by atoms with E-state index in [4.69, 9.17) is 4.74 Å². The quantitative estimate of drug-likeness (QED) is 0.646. The Morgan fingerprint density at radius 2 is 1.83 bits per heavy atom. The van der Waals surface area contributed by atoms with Crippen LogP contribution in [0.5, 0.6) is 0 Å². The average Bonchev–Trinajstić information content (AvgIpc) is 2.59. The van der Waals surface area contributed by atoms with Crippen LogP contribution in [-0.2, 0) is 11.3 Å². The second-order valence-corrected chi connectivity index (χ2v) is 4.99. The molecular weight excluding hydrogens is 296 g/mol. The summed E-state index contributed by atoms with van der Waals surface area (Å²) < 4.78 is 5.39. The molecule has 0 aromatic heterocycles. The molecule has 2 aromatic rings. The van der Waals surface area contributed by atoms with Gasteiger partial charge in [-0.2, -0.15) is 0 Å². The fraction of sp³-hybridized carbons (Fsp3) is 0.235. The van der Waals surface area contributed by atoms with E-state index in [0.29, 0.717) is 13.0 Å². The number of benzene rings is 2. The van der Waals surface area contributed by atoms with Crippen LogP contribution >= 0.6 is 0 Å². The number of nitrogens with one attached hydrogen (secondary N) is 1. The van der Waals surface area contributed by atoms with Crippen LogP contribution in [0.2, 0.25) is 0 Å². The summed E-state index contributed by atoms with van der Waals surface area (Å²) in [4.78, 5) is 22.1. The van der Waals surface area contributed by atoms with E-state index in [-0.39, 0.29) is 5.69 Å². The summed E-state index contributed by atoms with van der Waals surface area (Å²) in [5, 5.41) is 13.4. The SMILES string of the molecule is CCC(OC(=O)NCc1ccccc1)c1ccc([N+](=O)[O-])cc1. The van der Waals surface area contributed by atoms with Gasteiger partial charge in [0.25, 0.3) is 5.69 Å². The Hall–Kier alpha value is -2.89. The number of amides is 1. The highest BCUT2D eigenvalue weighted by molar-refractivity contribution is 5.67. The lowest BCUT2D eigenvalue weighted by Gasteiger charge is -2.17. The Balaban J connectivity index is 1.93. The smallest absolute Gasteiger partial charge is 0.408 e. The van der Waals surface area contributed by atoms with Crippen LogP contribution < -0.4 is 5.32 Å². The number of nitro benzene ring substituents is 1. The zero-order valence-electron chi connectivity index (χ0n) is 12.8. The molecule has 1 amide bonds. The molecule has 0 saturated carbocycles. The van der Waals surface area contributed by atoms with Gasteiger partial charge >= 0.3 is 6.09 Å². The fourth-order valence-corrected chi connectivity index (χ4v) is 2.14. The number of carbonyl (C=O) groups excluding carboxylic acids is 1. The molecule has 23 heavy (non-hydrogen) atoms. The lowest BCUT2D eigenvalue weighted by atomic mass is 10.1. The highest BCUT2D eigenvalue weighted by Crippen LogP contribution is 2.23. The molecule has 1 N–H and O–H groups in total. The maximum Gasteiger partial charge on any atom is 0.408 e. The summed E-state index contributed by atoms with van der Waals surface area (Å²) in [5.41, 5.74) is 1.72. The minimum atomic E-state index is -0.515. The van der Waals surface area contributed by atoms with Crippen molar-refractivity contribution in [1.82, 2.24) is 5.32 Å². The van der Waals surface area contributed by atoms with E-state index in [9.17, 15) is 14.9 Å². The topological polar surface area (TPSA) is 81.5 Å². The van der Waals surface area contributed by atoms with E-state index >= 15 is 0 Å². The van der Waals surface area contributed by atoms with Gasteiger partial charge in [0.2, 0.25) is 0 Å². The number of alkyl carbamates (subject to hydrolysis) is 1. The minimum absolute atomic E-state index is 0.0112. The maximum atomic E-state index is 11.9. The third kappa shape index (κ3) is 4.81. The molecule has 0 bridgehead atoms. The molecule has 1 atom stereocenters. The van der Waals surface area contributed by atoms with Gasteiger partial charge in [-0.25, -0.2) is 4.79 Å². The zero-order chi connectivity index (χ0) is 16.7. The Morgan fingerprint density at radius 1 is 1.17 bits per heavy atom. The number of non-ortho nitro benzene ring substituents is 1. The molecule has 0 aliphatic carbocycles. The lowest BCUT2D eigenvalue weighted by Crippen LogP contribution is -2.25. The molecule has 0 aliphatic heterocycles. The monoisotopic (exact) mass is 314 g/mol. The van der Waals surface area contributed by atoms with E-state index < -0.39 is 17.1 Å². The largest absolute Gasteiger partial charge is 0.441 e. The Labute approximate surface area is 134 Å². The summed E-state index contributed by atoms with van der Waals surface area (Å²) in [7, 11) is 0. The van der Waals surface area contributed by atoms with Crippen molar-refractivity contribution in [3.63, 3.8) is 0 Å². The molecule has 0 saturated heterocycles. The number of nitrogens with zero attached hydrogens (tertiary/aromatic N) is 1. The maximum absolute atomic E-state index is 11.9. The molecule has 120 valence electrons. The number of carbonyl (C=O) groups is 1. The van der Waals surface area contributed by atoms with E-state index in [0.717, 1.165) is 11.1 Å². The molecule has 0 heterocycles. The second kappa shape index (κ2) is 7.93. The van der Waals surface area contributed by atoms with Crippen molar-refractivity contribution < 1.29 is 14.5 Å². The van der Waals surface area contributed by atoms with Gasteiger partial charge in [-0.3, -0.25) is 10.1 Å². The first-order valence-electron chi connectivity index (χ1n) is 7.33. The van der Waals surface area contributed by atoms with E-state index in [1.165, 1.54) is 12.1 Å². The summed E-state index contributed by atoms with van der Waals surface area (Å²) >= 11 is 0. The average molecular weight is 314 g/mol. The number of hydrogen-bond donors (Lipinski definition) is 1. The standard InChI is InChI=1S/C17H18N2O4/c1-2-16(14-8-10-15(11-9-14)19(21)22)23-17(20)18-12-13-6-4-3-5-7-13/h3-11,16H,2,12H2,1H3,(H,18,20). The predicted molar refractivity (Wildman–Crippen MR) is 85.9 cm³/mol. The first-order chi connectivity index (χ1) is 11.1. The van der Waals surface area contributed by atoms with Gasteiger partial charge in [0.05, 0.1) is 4.92 Å². The number of hydrogen-bond acceptors (Lipinski definition) is 4. The van der Waals surface area contributed by atoms with Crippen molar-refractivity contribution in [2.45, 2.75) is 26.0 Å². The van der Waals surface area contributed by atoms with E-state index in [1.807, 2.05) is 37.3 Å². The van der Waals surface area contributed by atoms with Crippen molar-refractivity contribution >= 4 is 11.8 Å².